The first kappa shape index (κ1) is 13.5. The molecular weight excluding hydrogens is 252 g/mol. The van der Waals surface area contributed by atoms with Gasteiger partial charge in [0.25, 0.3) is 10.0 Å². The molecule has 0 radical (unpaired) electrons. The van der Waals surface area contributed by atoms with Gasteiger partial charge in [-0.3, -0.25) is 5.10 Å². The van der Waals surface area contributed by atoms with Crippen LogP contribution in [0, 0.1) is 12.8 Å². The number of sulfonamides is 1. The van der Waals surface area contributed by atoms with Crippen LogP contribution in [0.3, 0.4) is 0 Å². The Bertz CT molecular complexity index is 523. The van der Waals surface area contributed by atoms with Crippen molar-refractivity contribution in [1.82, 2.24) is 14.5 Å². The summed E-state index contributed by atoms with van der Waals surface area (Å²) in [5, 5.41) is 6.72. The summed E-state index contributed by atoms with van der Waals surface area (Å²) in [5.41, 5.74) is 6.92. The summed E-state index contributed by atoms with van der Waals surface area (Å²) in [6.45, 7) is 5.23. The lowest BCUT2D eigenvalue weighted by Crippen LogP contribution is -2.30. The predicted octanol–water partition coefficient (Wildman–Crippen LogP) is 0.597. The van der Waals surface area contributed by atoms with Crippen LogP contribution in [-0.4, -0.2) is 36.0 Å². The molecule has 1 aliphatic heterocycles. The molecule has 1 aromatic heterocycles. The fourth-order valence-electron chi connectivity index (χ4n) is 2.35. The van der Waals surface area contributed by atoms with Crippen molar-refractivity contribution in [3.05, 3.63) is 11.3 Å². The van der Waals surface area contributed by atoms with Gasteiger partial charge in [-0.2, -0.15) is 9.40 Å². The number of aromatic amines is 1. The van der Waals surface area contributed by atoms with Gasteiger partial charge in [0.1, 0.15) is 0 Å². The summed E-state index contributed by atoms with van der Waals surface area (Å²) in [7, 11) is -3.49. The van der Waals surface area contributed by atoms with E-state index in [4.69, 9.17) is 5.73 Å². The molecule has 0 aliphatic carbocycles. The van der Waals surface area contributed by atoms with E-state index in [9.17, 15) is 8.42 Å². The minimum Gasteiger partial charge on any atom is -0.326 e. The topological polar surface area (TPSA) is 92.1 Å². The molecule has 0 amide bonds. The number of nitrogens with zero attached hydrogens (tertiary/aromatic N) is 2. The zero-order chi connectivity index (χ0) is 13.3. The zero-order valence-electron chi connectivity index (χ0n) is 10.8. The van der Waals surface area contributed by atoms with Gasteiger partial charge in [0.15, 0.2) is 5.03 Å². The second kappa shape index (κ2) is 4.99. The van der Waals surface area contributed by atoms with Gasteiger partial charge in [0.2, 0.25) is 0 Å². The highest BCUT2D eigenvalue weighted by Gasteiger charge is 2.35. The lowest BCUT2D eigenvalue weighted by Gasteiger charge is -2.15. The standard InChI is InChI=1S/C11H20N4O2S/c1-3-9-4-5-15(7-9)18(16,17)11-10(6-12)8(2)13-14-11/h9H,3-7,12H2,1-2H3,(H,13,14). The Morgan fingerprint density at radius 2 is 2.28 bits per heavy atom. The van der Waals surface area contributed by atoms with Gasteiger partial charge < -0.3 is 5.73 Å². The number of hydrogen-bond acceptors (Lipinski definition) is 4. The molecule has 3 N–H and O–H groups in total. The normalized spacial score (nSPS) is 21.6. The lowest BCUT2D eigenvalue weighted by molar-refractivity contribution is 0.450. The van der Waals surface area contributed by atoms with Crippen molar-refractivity contribution in [2.24, 2.45) is 11.7 Å². The highest BCUT2D eigenvalue weighted by molar-refractivity contribution is 7.89. The minimum absolute atomic E-state index is 0.0965. The van der Waals surface area contributed by atoms with E-state index in [-0.39, 0.29) is 11.6 Å². The highest BCUT2D eigenvalue weighted by atomic mass is 32.2. The molecule has 1 aromatic rings. The molecule has 1 saturated heterocycles. The summed E-state index contributed by atoms with van der Waals surface area (Å²) < 4.78 is 26.5. The fourth-order valence-corrected chi connectivity index (χ4v) is 4.06. The van der Waals surface area contributed by atoms with Crippen LogP contribution in [0.15, 0.2) is 5.03 Å². The minimum atomic E-state index is -3.49. The van der Waals surface area contributed by atoms with Crippen molar-refractivity contribution in [2.75, 3.05) is 13.1 Å². The van der Waals surface area contributed by atoms with E-state index in [1.807, 2.05) is 0 Å². The summed E-state index contributed by atoms with van der Waals surface area (Å²) >= 11 is 0. The molecular formula is C11H20N4O2S. The van der Waals surface area contributed by atoms with Gasteiger partial charge in [-0.1, -0.05) is 13.3 Å². The van der Waals surface area contributed by atoms with E-state index in [1.165, 1.54) is 4.31 Å². The monoisotopic (exact) mass is 272 g/mol. The smallest absolute Gasteiger partial charge is 0.262 e. The maximum Gasteiger partial charge on any atom is 0.262 e. The molecule has 18 heavy (non-hydrogen) atoms. The van der Waals surface area contributed by atoms with Crippen LogP contribution in [-0.2, 0) is 16.6 Å². The second-order valence-corrected chi connectivity index (χ2v) is 6.62. The molecule has 102 valence electrons. The van der Waals surface area contributed by atoms with Crippen LogP contribution >= 0.6 is 0 Å². The second-order valence-electron chi connectivity index (χ2n) is 4.76. The first-order valence-corrected chi connectivity index (χ1v) is 7.68. The van der Waals surface area contributed by atoms with E-state index < -0.39 is 10.0 Å². The maximum absolute atomic E-state index is 12.5. The molecule has 1 atom stereocenters. The lowest BCUT2D eigenvalue weighted by atomic mass is 10.1. The Morgan fingerprint density at radius 3 is 2.83 bits per heavy atom. The Morgan fingerprint density at radius 1 is 1.56 bits per heavy atom. The third-order valence-electron chi connectivity index (χ3n) is 3.65. The summed E-state index contributed by atoms with van der Waals surface area (Å²) in [4.78, 5) is 0. The average molecular weight is 272 g/mol. The number of rotatable bonds is 4. The number of nitrogens with one attached hydrogen (secondary N) is 1. The molecule has 0 saturated carbocycles. The SMILES string of the molecule is CCC1CCN(S(=O)(=O)c2n[nH]c(C)c2CN)C1. The van der Waals surface area contributed by atoms with Crippen LogP contribution in [0.25, 0.3) is 0 Å². The van der Waals surface area contributed by atoms with E-state index >= 15 is 0 Å². The van der Waals surface area contributed by atoms with Crippen LogP contribution < -0.4 is 5.73 Å². The highest BCUT2D eigenvalue weighted by Crippen LogP contribution is 2.27. The van der Waals surface area contributed by atoms with Crippen molar-refractivity contribution in [1.29, 1.82) is 0 Å². The summed E-state index contributed by atoms with van der Waals surface area (Å²) in [5.74, 6) is 0.459. The fraction of sp³-hybridized carbons (Fsp3) is 0.727. The van der Waals surface area contributed by atoms with Crippen LogP contribution in [0.5, 0.6) is 0 Å². The van der Waals surface area contributed by atoms with Gasteiger partial charge in [-0.25, -0.2) is 8.42 Å². The van der Waals surface area contributed by atoms with Crippen LogP contribution in [0.2, 0.25) is 0 Å². The Hall–Kier alpha value is -0.920. The molecule has 0 spiro atoms. The number of hydrogen-bond donors (Lipinski definition) is 2. The number of H-pyrrole nitrogens is 1. The van der Waals surface area contributed by atoms with Crippen molar-refractivity contribution < 1.29 is 8.42 Å². The summed E-state index contributed by atoms with van der Waals surface area (Å²) in [6.07, 6.45) is 1.94. The Balaban J connectivity index is 2.31. The maximum atomic E-state index is 12.5. The molecule has 6 nitrogen and oxygen atoms in total. The van der Waals surface area contributed by atoms with Crippen molar-refractivity contribution in [3.8, 4) is 0 Å². The predicted molar refractivity (Wildman–Crippen MR) is 68.4 cm³/mol. The van der Waals surface area contributed by atoms with Gasteiger partial charge in [0.05, 0.1) is 0 Å². The Labute approximate surface area is 108 Å². The quantitative estimate of drug-likeness (QED) is 0.839. The Kier molecular flexibility index (Phi) is 3.74. The van der Waals surface area contributed by atoms with Crippen molar-refractivity contribution in [3.63, 3.8) is 0 Å². The molecule has 1 fully saturated rings. The third kappa shape index (κ3) is 2.17. The first-order valence-electron chi connectivity index (χ1n) is 6.24. The van der Waals surface area contributed by atoms with E-state index in [2.05, 4.69) is 17.1 Å². The van der Waals surface area contributed by atoms with Gasteiger partial charge in [0, 0.05) is 30.9 Å². The number of aromatic nitrogens is 2. The van der Waals surface area contributed by atoms with E-state index in [1.54, 1.807) is 6.92 Å². The molecule has 2 heterocycles. The molecule has 1 aliphatic rings. The molecule has 2 rings (SSSR count). The zero-order valence-corrected chi connectivity index (χ0v) is 11.6. The van der Waals surface area contributed by atoms with Gasteiger partial charge >= 0.3 is 0 Å². The molecule has 7 heteroatoms. The average Bonchev–Trinajstić information content (AvgIpc) is 2.95. The first-order chi connectivity index (χ1) is 8.50. The van der Waals surface area contributed by atoms with Crippen LogP contribution in [0.1, 0.15) is 31.0 Å². The third-order valence-corrected chi connectivity index (χ3v) is 5.49. The van der Waals surface area contributed by atoms with Crippen molar-refractivity contribution in [2.45, 2.75) is 38.3 Å². The number of nitrogens with two attached hydrogens (primary N) is 1. The van der Waals surface area contributed by atoms with E-state index in [0.29, 0.717) is 24.6 Å². The largest absolute Gasteiger partial charge is 0.326 e. The molecule has 0 aromatic carbocycles. The van der Waals surface area contributed by atoms with Crippen molar-refractivity contribution >= 4 is 10.0 Å². The van der Waals surface area contributed by atoms with Gasteiger partial charge in [-0.05, 0) is 19.3 Å². The van der Waals surface area contributed by atoms with E-state index in [0.717, 1.165) is 18.5 Å². The van der Waals surface area contributed by atoms with Gasteiger partial charge in [-0.15, -0.1) is 0 Å². The van der Waals surface area contributed by atoms with Crippen LogP contribution in [0.4, 0.5) is 0 Å². The number of aryl methyl sites for hydroxylation is 1. The molecule has 1 unspecified atom stereocenters. The summed E-state index contributed by atoms with van der Waals surface area (Å²) in [6, 6.07) is 0. The molecule has 0 bridgehead atoms.